The van der Waals surface area contributed by atoms with Crippen LogP contribution < -0.4 is 0 Å². The summed E-state index contributed by atoms with van der Waals surface area (Å²) in [5, 5.41) is 0. The first-order valence-electron chi connectivity index (χ1n) is 6.94. The van der Waals surface area contributed by atoms with Crippen LogP contribution in [0.15, 0.2) is 17.1 Å². The van der Waals surface area contributed by atoms with E-state index in [1.807, 2.05) is 12.2 Å². The van der Waals surface area contributed by atoms with E-state index in [1.165, 1.54) is 6.92 Å². The van der Waals surface area contributed by atoms with E-state index in [-0.39, 0.29) is 18.5 Å². The molecule has 0 aromatic heterocycles. The zero-order valence-corrected chi connectivity index (χ0v) is 12.6. The van der Waals surface area contributed by atoms with Crippen molar-refractivity contribution in [2.75, 3.05) is 13.7 Å². The van der Waals surface area contributed by atoms with Crippen molar-refractivity contribution in [2.24, 2.45) is 10.9 Å². The first kappa shape index (κ1) is 16.6. The van der Waals surface area contributed by atoms with Crippen LogP contribution in [0.1, 0.15) is 33.6 Å². The van der Waals surface area contributed by atoms with E-state index in [4.69, 9.17) is 9.47 Å². The number of carbonyl (C=O) groups excluding carboxylic acids is 2. The first-order valence-corrected chi connectivity index (χ1v) is 6.94. The molecule has 5 nitrogen and oxygen atoms in total. The summed E-state index contributed by atoms with van der Waals surface area (Å²) in [6.45, 7) is 5.20. The van der Waals surface area contributed by atoms with Crippen molar-refractivity contribution < 1.29 is 19.1 Å². The van der Waals surface area contributed by atoms with Crippen LogP contribution in [-0.4, -0.2) is 43.3 Å². The Labute approximate surface area is 120 Å². The van der Waals surface area contributed by atoms with Gasteiger partial charge in [0.25, 0.3) is 0 Å². The van der Waals surface area contributed by atoms with Crippen molar-refractivity contribution in [2.45, 2.75) is 45.8 Å². The number of hydrogen-bond acceptors (Lipinski definition) is 5. The average Bonchev–Trinajstić information content (AvgIpc) is 2.44. The fourth-order valence-corrected chi connectivity index (χ4v) is 1.99. The molecular formula is C15H23NO4. The zero-order valence-electron chi connectivity index (χ0n) is 12.6. The maximum Gasteiger partial charge on any atom is 0.331 e. The summed E-state index contributed by atoms with van der Waals surface area (Å²) in [5.41, 5.74) is 0.810. The smallest absolute Gasteiger partial charge is 0.331 e. The lowest BCUT2D eigenvalue weighted by atomic mass is 9.97. The lowest BCUT2D eigenvalue weighted by Gasteiger charge is -2.20. The van der Waals surface area contributed by atoms with Crippen LogP contribution in [0.25, 0.3) is 0 Å². The molecule has 0 N–H and O–H groups in total. The molecule has 1 aliphatic carbocycles. The summed E-state index contributed by atoms with van der Waals surface area (Å²) in [5.74, 6) is -0.984. The minimum Gasteiger partial charge on any atom is -0.464 e. The third-order valence-corrected chi connectivity index (χ3v) is 3.44. The number of ketones is 1. The quantitative estimate of drug-likeness (QED) is 0.698. The minimum absolute atomic E-state index is 0.0676. The van der Waals surface area contributed by atoms with Crippen LogP contribution in [0.5, 0.6) is 0 Å². The average molecular weight is 281 g/mol. The summed E-state index contributed by atoms with van der Waals surface area (Å²) in [7, 11) is 1.66. The van der Waals surface area contributed by atoms with Gasteiger partial charge in [0, 0.05) is 18.7 Å². The largest absolute Gasteiger partial charge is 0.464 e. The van der Waals surface area contributed by atoms with Crippen LogP contribution in [0, 0.1) is 5.92 Å². The van der Waals surface area contributed by atoms with Crippen LogP contribution >= 0.6 is 0 Å². The lowest BCUT2D eigenvalue weighted by Crippen LogP contribution is -2.33. The van der Waals surface area contributed by atoms with Gasteiger partial charge in [-0.25, -0.2) is 4.79 Å². The third kappa shape index (κ3) is 4.56. The van der Waals surface area contributed by atoms with E-state index in [0.717, 1.165) is 18.6 Å². The number of rotatable bonds is 6. The monoisotopic (exact) mass is 281 g/mol. The topological polar surface area (TPSA) is 65.0 Å². The molecule has 0 bridgehead atoms. The number of ether oxygens (including phenoxy) is 2. The minimum atomic E-state index is -0.758. The molecule has 3 atom stereocenters. The molecule has 5 heteroatoms. The van der Waals surface area contributed by atoms with Gasteiger partial charge >= 0.3 is 5.97 Å². The van der Waals surface area contributed by atoms with Gasteiger partial charge in [0.2, 0.25) is 0 Å². The first-order chi connectivity index (χ1) is 9.49. The van der Waals surface area contributed by atoms with Gasteiger partial charge in [-0.15, -0.1) is 0 Å². The molecule has 0 fully saturated rings. The van der Waals surface area contributed by atoms with Gasteiger partial charge in [-0.3, -0.25) is 9.79 Å². The highest BCUT2D eigenvalue weighted by molar-refractivity contribution is 5.98. The molecule has 0 radical (unpaired) electrons. The molecule has 0 saturated carbocycles. The van der Waals surface area contributed by atoms with Gasteiger partial charge < -0.3 is 9.47 Å². The number of esters is 1. The van der Waals surface area contributed by atoms with Gasteiger partial charge in [-0.2, -0.15) is 0 Å². The highest BCUT2D eigenvalue weighted by atomic mass is 16.5. The second-order valence-corrected chi connectivity index (χ2v) is 4.89. The van der Waals surface area contributed by atoms with Crippen molar-refractivity contribution in [1.82, 2.24) is 0 Å². The molecule has 0 saturated heterocycles. The predicted molar refractivity (Wildman–Crippen MR) is 76.9 cm³/mol. The van der Waals surface area contributed by atoms with Crippen molar-refractivity contribution in [3.8, 4) is 0 Å². The van der Waals surface area contributed by atoms with Crippen LogP contribution in [-0.2, 0) is 19.1 Å². The molecule has 112 valence electrons. The number of Topliss-reactive ketones (excluding diaryl/α,β-unsaturated/α-hetero) is 1. The Kier molecular flexibility index (Phi) is 6.58. The summed E-state index contributed by atoms with van der Waals surface area (Å²) >= 11 is 0. The molecule has 1 rings (SSSR count). The van der Waals surface area contributed by atoms with Gasteiger partial charge in [0.15, 0.2) is 6.04 Å². The van der Waals surface area contributed by atoms with Crippen molar-refractivity contribution >= 4 is 17.5 Å². The number of allylic oxidation sites excluding steroid dienone is 1. The fraction of sp³-hybridized carbons (Fsp3) is 0.667. The molecular weight excluding hydrogens is 258 g/mol. The Balaban J connectivity index is 2.89. The molecule has 20 heavy (non-hydrogen) atoms. The second-order valence-electron chi connectivity index (χ2n) is 4.89. The van der Waals surface area contributed by atoms with Crippen molar-refractivity contribution in [3.63, 3.8) is 0 Å². The van der Waals surface area contributed by atoms with Gasteiger partial charge in [-0.1, -0.05) is 13.0 Å². The second kappa shape index (κ2) is 7.94. The number of hydrogen-bond donors (Lipinski definition) is 0. The van der Waals surface area contributed by atoms with E-state index >= 15 is 0 Å². The summed E-state index contributed by atoms with van der Waals surface area (Å²) in [4.78, 5) is 27.9. The summed E-state index contributed by atoms with van der Waals surface area (Å²) in [6.07, 6.45) is 5.44. The maximum absolute atomic E-state index is 12.0. The Hall–Kier alpha value is -1.49. The standard InChI is InChI=1S/C15H23NO4/c1-5-20-15(18)14(10(2)11(3)17)16-12-6-8-13(19-4)9-7-12/h6,8,10,13-14H,5,7,9H2,1-4H3/t10?,13?,14-/m0/s1. The van der Waals surface area contributed by atoms with E-state index in [9.17, 15) is 9.59 Å². The molecule has 0 aromatic carbocycles. The highest BCUT2D eigenvalue weighted by Crippen LogP contribution is 2.16. The van der Waals surface area contributed by atoms with E-state index in [1.54, 1.807) is 21.0 Å². The van der Waals surface area contributed by atoms with Crippen molar-refractivity contribution in [3.05, 3.63) is 12.2 Å². The number of methoxy groups -OCH3 is 1. The van der Waals surface area contributed by atoms with E-state index < -0.39 is 17.9 Å². The molecule has 0 heterocycles. The molecule has 0 amide bonds. The molecule has 0 aromatic rings. The Morgan fingerprint density at radius 2 is 2.20 bits per heavy atom. The molecule has 0 spiro atoms. The van der Waals surface area contributed by atoms with Gasteiger partial charge in [0.1, 0.15) is 5.78 Å². The lowest BCUT2D eigenvalue weighted by molar-refractivity contribution is -0.147. The number of nitrogens with zero attached hydrogens (tertiary/aromatic N) is 1. The number of aliphatic imine (C=N–C) groups is 1. The van der Waals surface area contributed by atoms with Gasteiger partial charge in [0.05, 0.1) is 12.7 Å². The zero-order chi connectivity index (χ0) is 15.1. The summed E-state index contributed by atoms with van der Waals surface area (Å²) < 4.78 is 10.2. The predicted octanol–water partition coefficient (Wildman–Crippen LogP) is 1.95. The van der Waals surface area contributed by atoms with Crippen molar-refractivity contribution in [1.29, 1.82) is 0 Å². The van der Waals surface area contributed by atoms with Crippen LogP contribution in [0.2, 0.25) is 0 Å². The normalized spacial score (nSPS) is 23.4. The molecule has 2 unspecified atom stereocenters. The Morgan fingerprint density at radius 3 is 2.65 bits per heavy atom. The Bertz CT molecular complexity index is 414. The van der Waals surface area contributed by atoms with Gasteiger partial charge in [-0.05, 0) is 32.8 Å². The Morgan fingerprint density at radius 1 is 1.50 bits per heavy atom. The van der Waals surface area contributed by atoms with E-state index in [2.05, 4.69) is 4.99 Å². The van der Waals surface area contributed by atoms with Crippen LogP contribution in [0.4, 0.5) is 0 Å². The fourth-order valence-electron chi connectivity index (χ4n) is 1.99. The summed E-state index contributed by atoms with van der Waals surface area (Å²) in [6, 6.07) is -0.758. The third-order valence-electron chi connectivity index (χ3n) is 3.44. The highest BCUT2D eigenvalue weighted by Gasteiger charge is 2.29. The molecule has 0 aliphatic heterocycles. The number of carbonyl (C=O) groups is 2. The van der Waals surface area contributed by atoms with Crippen LogP contribution in [0.3, 0.4) is 0 Å². The molecule has 1 aliphatic rings. The van der Waals surface area contributed by atoms with E-state index in [0.29, 0.717) is 0 Å². The maximum atomic E-state index is 12.0. The SMILES string of the molecule is CCOC(=O)[C@@H](N=C1C=CC(OC)CC1)C(C)C(C)=O.